The number of ether oxygens (including phenoxy) is 1. The third-order valence-corrected chi connectivity index (χ3v) is 4.36. The number of benzene rings is 2. The number of fused-ring (bicyclic) bond motifs is 1. The molecule has 0 spiro atoms. The molecule has 2 aromatic carbocycles. The van der Waals surface area contributed by atoms with Gasteiger partial charge in [-0.25, -0.2) is 0 Å². The molecule has 0 aliphatic heterocycles. The van der Waals surface area contributed by atoms with Gasteiger partial charge in [-0.1, -0.05) is 37.3 Å². The van der Waals surface area contributed by atoms with Crippen molar-refractivity contribution in [2.75, 3.05) is 19.4 Å². The van der Waals surface area contributed by atoms with Crippen molar-refractivity contribution in [3.63, 3.8) is 0 Å². The first-order valence-corrected chi connectivity index (χ1v) is 8.16. The van der Waals surface area contributed by atoms with Crippen LogP contribution < -0.4 is 5.32 Å². The molecule has 0 saturated heterocycles. The van der Waals surface area contributed by atoms with Crippen LogP contribution >= 0.6 is 11.8 Å². The molecule has 0 aliphatic carbocycles. The van der Waals surface area contributed by atoms with E-state index in [1.807, 2.05) is 13.0 Å². The predicted molar refractivity (Wildman–Crippen MR) is 88.8 cm³/mol. The Kier molecular flexibility index (Phi) is 6.08. The van der Waals surface area contributed by atoms with E-state index in [2.05, 4.69) is 41.7 Å². The van der Waals surface area contributed by atoms with Gasteiger partial charge in [0.1, 0.15) is 6.04 Å². The normalized spacial score (nSPS) is 12.3. The Morgan fingerprint density at radius 2 is 2.00 bits per heavy atom. The number of carbonyl (C=O) groups is 1. The van der Waals surface area contributed by atoms with Gasteiger partial charge in [0.2, 0.25) is 0 Å². The van der Waals surface area contributed by atoms with Gasteiger partial charge < -0.3 is 10.1 Å². The molecule has 0 saturated carbocycles. The molecule has 112 valence electrons. The standard InChI is InChI=1S/C17H21NO2S/c1-3-18-16(17(19)20-2)10-11-21-15-9-8-13-6-4-5-7-14(13)12-15/h4-9,12,16,18H,3,10-11H2,1-2H3. The van der Waals surface area contributed by atoms with Crippen molar-refractivity contribution in [2.45, 2.75) is 24.3 Å². The minimum absolute atomic E-state index is 0.184. The Bertz CT molecular complexity index is 600. The number of esters is 1. The van der Waals surface area contributed by atoms with Crippen LogP contribution in [-0.2, 0) is 9.53 Å². The minimum atomic E-state index is -0.215. The van der Waals surface area contributed by atoms with Crippen molar-refractivity contribution in [3.8, 4) is 0 Å². The molecular formula is C17H21NO2S. The SMILES string of the molecule is CCNC(CCSc1ccc2ccccc2c1)C(=O)OC. The Labute approximate surface area is 130 Å². The smallest absolute Gasteiger partial charge is 0.322 e. The maximum atomic E-state index is 11.6. The molecule has 0 amide bonds. The third kappa shape index (κ3) is 4.48. The van der Waals surface area contributed by atoms with Gasteiger partial charge in [0.15, 0.2) is 0 Å². The van der Waals surface area contributed by atoms with Gasteiger partial charge in [0, 0.05) is 10.6 Å². The van der Waals surface area contributed by atoms with Crippen LogP contribution in [0.5, 0.6) is 0 Å². The number of nitrogens with one attached hydrogen (secondary N) is 1. The van der Waals surface area contributed by atoms with Crippen molar-refractivity contribution < 1.29 is 9.53 Å². The number of hydrogen-bond donors (Lipinski definition) is 1. The van der Waals surface area contributed by atoms with Gasteiger partial charge in [-0.3, -0.25) is 4.79 Å². The van der Waals surface area contributed by atoms with E-state index in [0.29, 0.717) is 0 Å². The first-order valence-electron chi connectivity index (χ1n) is 7.17. The zero-order valence-electron chi connectivity index (χ0n) is 12.5. The largest absolute Gasteiger partial charge is 0.468 e. The van der Waals surface area contributed by atoms with Crippen LogP contribution in [0.2, 0.25) is 0 Å². The Balaban J connectivity index is 1.93. The Hall–Kier alpha value is -1.52. The van der Waals surface area contributed by atoms with E-state index in [-0.39, 0.29) is 12.0 Å². The van der Waals surface area contributed by atoms with Gasteiger partial charge in [0.25, 0.3) is 0 Å². The highest BCUT2D eigenvalue weighted by atomic mass is 32.2. The maximum absolute atomic E-state index is 11.6. The molecule has 1 atom stereocenters. The van der Waals surface area contributed by atoms with Crippen LogP contribution in [0.25, 0.3) is 10.8 Å². The third-order valence-electron chi connectivity index (χ3n) is 3.33. The van der Waals surface area contributed by atoms with E-state index in [1.54, 1.807) is 11.8 Å². The number of hydrogen-bond acceptors (Lipinski definition) is 4. The second kappa shape index (κ2) is 8.05. The van der Waals surface area contributed by atoms with E-state index < -0.39 is 0 Å². The quantitative estimate of drug-likeness (QED) is 0.628. The van der Waals surface area contributed by atoms with Crippen LogP contribution in [0.4, 0.5) is 0 Å². The first-order chi connectivity index (χ1) is 10.2. The van der Waals surface area contributed by atoms with E-state index in [0.717, 1.165) is 18.7 Å². The highest BCUT2D eigenvalue weighted by Crippen LogP contribution is 2.24. The summed E-state index contributed by atoms with van der Waals surface area (Å²) in [6.45, 7) is 2.76. The molecule has 0 radical (unpaired) electrons. The van der Waals surface area contributed by atoms with E-state index in [1.165, 1.54) is 22.8 Å². The molecule has 1 N–H and O–H groups in total. The van der Waals surface area contributed by atoms with Gasteiger partial charge >= 0.3 is 5.97 Å². The van der Waals surface area contributed by atoms with Crippen LogP contribution in [0.1, 0.15) is 13.3 Å². The number of carbonyl (C=O) groups excluding carboxylic acids is 1. The molecule has 0 heterocycles. The Morgan fingerprint density at radius 3 is 2.71 bits per heavy atom. The highest BCUT2D eigenvalue weighted by Gasteiger charge is 2.17. The van der Waals surface area contributed by atoms with Crippen LogP contribution in [0.3, 0.4) is 0 Å². The van der Waals surface area contributed by atoms with Gasteiger partial charge in [-0.2, -0.15) is 0 Å². The summed E-state index contributed by atoms with van der Waals surface area (Å²) in [7, 11) is 1.43. The Morgan fingerprint density at radius 1 is 1.24 bits per heavy atom. The highest BCUT2D eigenvalue weighted by molar-refractivity contribution is 7.99. The molecule has 21 heavy (non-hydrogen) atoms. The average Bonchev–Trinajstić information content (AvgIpc) is 2.53. The molecular weight excluding hydrogens is 282 g/mol. The lowest BCUT2D eigenvalue weighted by atomic mass is 10.1. The van der Waals surface area contributed by atoms with Crippen molar-refractivity contribution in [3.05, 3.63) is 42.5 Å². The molecule has 0 aromatic heterocycles. The lowest BCUT2D eigenvalue weighted by Crippen LogP contribution is -2.37. The summed E-state index contributed by atoms with van der Waals surface area (Å²) in [4.78, 5) is 12.9. The van der Waals surface area contributed by atoms with Crippen molar-refractivity contribution in [1.29, 1.82) is 0 Å². The fourth-order valence-electron chi connectivity index (χ4n) is 2.24. The zero-order chi connectivity index (χ0) is 15.1. The summed E-state index contributed by atoms with van der Waals surface area (Å²) < 4.78 is 4.81. The number of likely N-dealkylation sites (N-methyl/N-ethyl adjacent to an activating group) is 1. The second-order valence-electron chi connectivity index (χ2n) is 4.78. The first kappa shape index (κ1) is 15.9. The number of methoxy groups -OCH3 is 1. The maximum Gasteiger partial charge on any atom is 0.322 e. The van der Waals surface area contributed by atoms with Gasteiger partial charge in [-0.15, -0.1) is 11.8 Å². The second-order valence-corrected chi connectivity index (χ2v) is 5.95. The summed E-state index contributed by atoms with van der Waals surface area (Å²) in [5.41, 5.74) is 0. The predicted octanol–water partition coefficient (Wildman–Crippen LogP) is 3.47. The van der Waals surface area contributed by atoms with Gasteiger partial charge in [0.05, 0.1) is 7.11 Å². The monoisotopic (exact) mass is 303 g/mol. The molecule has 3 nitrogen and oxygen atoms in total. The molecule has 2 rings (SSSR count). The summed E-state index contributed by atoms with van der Waals surface area (Å²) in [5.74, 6) is 0.696. The minimum Gasteiger partial charge on any atom is -0.468 e. The fourth-order valence-corrected chi connectivity index (χ4v) is 3.21. The van der Waals surface area contributed by atoms with E-state index in [4.69, 9.17) is 4.74 Å². The fraction of sp³-hybridized carbons (Fsp3) is 0.353. The van der Waals surface area contributed by atoms with Crippen molar-refractivity contribution in [1.82, 2.24) is 5.32 Å². The molecule has 2 aromatic rings. The van der Waals surface area contributed by atoms with Crippen LogP contribution in [-0.4, -0.2) is 31.4 Å². The van der Waals surface area contributed by atoms with Crippen LogP contribution in [0.15, 0.2) is 47.4 Å². The van der Waals surface area contributed by atoms with E-state index >= 15 is 0 Å². The topological polar surface area (TPSA) is 38.3 Å². The average molecular weight is 303 g/mol. The molecule has 0 fully saturated rings. The number of thioether (sulfide) groups is 1. The van der Waals surface area contributed by atoms with Crippen LogP contribution in [0, 0.1) is 0 Å². The summed E-state index contributed by atoms with van der Waals surface area (Å²) in [5, 5.41) is 5.66. The number of rotatable bonds is 7. The summed E-state index contributed by atoms with van der Waals surface area (Å²) in [6.07, 6.45) is 0.762. The summed E-state index contributed by atoms with van der Waals surface area (Å²) in [6, 6.07) is 14.6. The molecule has 0 bridgehead atoms. The molecule has 0 aliphatic rings. The lowest BCUT2D eigenvalue weighted by molar-refractivity contribution is -0.143. The lowest BCUT2D eigenvalue weighted by Gasteiger charge is -2.14. The van der Waals surface area contributed by atoms with Crippen molar-refractivity contribution in [2.24, 2.45) is 0 Å². The van der Waals surface area contributed by atoms with E-state index in [9.17, 15) is 4.79 Å². The van der Waals surface area contributed by atoms with Crippen molar-refractivity contribution >= 4 is 28.5 Å². The zero-order valence-corrected chi connectivity index (χ0v) is 13.3. The summed E-state index contributed by atoms with van der Waals surface area (Å²) >= 11 is 1.77. The van der Waals surface area contributed by atoms with Gasteiger partial charge in [-0.05, 0) is 35.9 Å². The molecule has 4 heteroatoms. The molecule has 1 unspecified atom stereocenters.